The summed E-state index contributed by atoms with van der Waals surface area (Å²) < 4.78 is 72.0. The molecule has 9 heteroatoms. The lowest BCUT2D eigenvalue weighted by Crippen LogP contribution is -2.49. The van der Waals surface area contributed by atoms with E-state index < -0.39 is 25.2 Å². The molecule has 0 aromatic rings. The van der Waals surface area contributed by atoms with Gasteiger partial charge < -0.3 is 4.74 Å². The summed E-state index contributed by atoms with van der Waals surface area (Å²) in [7, 11) is 1.39. The van der Waals surface area contributed by atoms with Crippen molar-refractivity contribution in [2.24, 2.45) is 0 Å². The lowest BCUT2D eigenvalue weighted by atomic mass is 10.3. The molecule has 1 aliphatic rings. The van der Waals surface area contributed by atoms with E-state index in [9.17, 15) is 22.0 Å². The Labute approximate surface area is 108 Å². The molecule has 0 aliphatic carbocycles. The molecule has 0 spiro atoms. The van der Waals surface area contributed by atoms with Crippen molar-refractivity contribution in [3.8, 4) is 0 Å². The maximum absolute atomic E-state index is 13.8. The van der Waals surface area contributed by atoms with Crippen molar-refractivity contribution in [3.05, 3.63) is 0 Å². The molecule has 19 heavy (non-hydrogen) atoms. The molecule has 0 N–H and O–H groups in total. The van der Waals surface area contributed by atoms with Crippen LogP contribution in [-0.4, -0.2) is 68.3 Å². The first kappa shape index (κ1) is 16.5. The smallest absolute Gasteiger partial charge is 0.383 e. The van der Waals surface area contributed by atoms with Gasteiger partial charge in [0.15, 0.2) is 0 Å². The number of rotatable bonds is 6. The van der Waals surface area contributed by atoms with Gasteiger partial charge in [0.2, 0.25) is 0 Å². The van der Waals surface area contributed by atoms with Gasteiger partial charge >= 0.3 is 12.5 Å². The third-order valence-electron chi connectivity index (χ3n) is 2.78. The number of ether oxygens (including phenoxy) is 2. The number of hydrogen-bond acceptors (Lipinski definition) is 4. The van der Waals surface area contributed by atoms with Crippen molar-refractivity contribution in [2.45, 2.75) is 25.6 Å². The zero-order valence-electron chi connectivity index (χ0n) is 10.7. The van der Waals surface area contributed by atoms with Crippen molar-refractivity contribution in [1.29, 1.82) is 0 Å². The fourth-order valence-electron chi connectivity index (χ4n) is 1.94. The zero-order valence-corrected chi connectivity index (χ0v) is 10.7. The molecule has 0 amide bonds. The van der Waals surface area contributed by atoms with Crippen molar-refractivity contribution in [3.63, 3.8) is 0 Å². The Morgan fingerprint density at radius 2 is 1.79 bits per heavy atom. The highest BCUT2D eigenvalue weighted by Crippen LogP contribution is 2.30. The molecule has 0 aromatic carbocycles. The van der Waals surface area contributed by atoms with E-state index in [0.717, 1.165) is 11.8 Å². The Kier molecular flexibility index (Phi) is 5.48. The molecule has 1 rings (SSSR count). The quantitative estimate of drug-likeness (QED) is 0.550. The summed E-state index contributed by atoms with van der Waals surface area (Å²) in [6, 6.07) is 0. The Bertz CT molecular complexity index is 288. The predicted octanol–water partition coefficient (Wildman–Crippen LogP) is 1.73. The van der Waals surface area contributed by atoms with Crippen LogP contribution in [0.15, 0.2) is 0 Å². The molecule has 114 valence electrons. The van der Waals surface area contributed by atoms with Crippen LogP contribution in [0.5, 0.6) is 0 Å². The summed E-state index contributed by atoms with van der Waals surface area (Å²) in [5.41, 5.74) is 0. The Balaban J connectivity index is 2.51. The molecular formula is C10H17F5N2O2. The summed E-state index contributed by atoms with van der Waals surface area (Å²) in [6.07, 6.45) is -9.44. The number of halogens is 5. The molecule has 1 atom stereocenters. The van der Waals surface area contributed by atoms with Gasteiger partial charge in [-0.05, 0) is 6.92 Å². The molecule has 1 heterocycles. The normalized spacial score (nSPS) is 22.9. The molecule has 0 saturated carbocycles. The average molecular weight is 292 g/mol. The van der Waals surface area contributed by atoms with Gasteiger partial charge in [-0.3, -0.25) is 4.74 Å². The molecule has 1 fully saturated rings. The highest BCUT2D eigenvalue weighted by atomic mass is 19.4. The van der Waals surface area contributed by atoms with Crippen LogP contribution in [-0.2, 0) is 9.47 Å². The second-order valence-electron chi connectivity index (χ2n) is 4.31. The van der Waals surface area contributed by atoms with E-state index in [0.29, 0.717) is 4.90 Å². The van der Waals surface area contributed by atoms with Crippen molar-refractivity contribution >= 4 is 0 Å². The lowest BCUT2D eigenvalue weighted by molar-refractivity contribution is -0.345. The van der Waals surface area contributed by atoms with Crippen LogP contribution in [0.25, 0.3) is 0 Å². The van der Waals surface area contributed by atoms with E-state index >= 15 is 0 Å². The van der Waals surface area contributed by atoms with Crippen LogP contribution in [0.4, 0.5) is 22.0 Å². The number of nitrogens with zero attached hydrogens (tertiary/aromatic N) is 2. The fraction of sp³-hybridized carbons (Fsp3) is 1.00. The number of hydrogen-bond donors (Lipinski definition) is 0. The van der Waals surface area contributed by atoms with Crippen molar-refractivity contribution < 1.29 is 31.4 Å². The minimum Gasteiger partial charge on any atom is -0.383 e. The molecule has 1 unspecified atom stereocenters. The monoisotopic (exact) mass is 292 g/mol. The van der Waals surface area contributed by atoms with E-state index in [4.69, 9.17) is 4.74 Å². The summed E-state index contributed by atoms with van der Waals surface area (Å²) >= 11 is 0. The SMILES string of the molecule is COCCN1CCN(CC(C)OC(F)(F)F)C1(F)F. The second-order valence-corrected chi connectivity index (χ2v) is 4.31. The molecule has 0 bridgehead atoms. The van der Waals surface area contributed by atoms with E-state index in [1.165, 1.54) is 7.11 Å². The van der Waals surface area contributed by atoms with Crippen LogP contribution in [0.3, 0.4) is 0 Å². The second kappa shape index (κ2) is 6.29. The van der Waals surface area contributed by atoms with E-state index in [2.05, 4.69) is 4.74 Å². The maximum atomic E-state index is 13.8. The summed E-state index contributed by atoms with van der Waals surface area (Å²) in [6.45, 7) is 0.849. The van der Waals surface area contributed by atoms with Gasteiger partial charge in [-0.2, -0.15) is 8.78 Å². The van der Waals surface area contributed by atoms with Gasteiger partial charge in [-0.25, -0.2) is 9.80 Å². The highest BCUT2D eigenvalue weighted by Gasteiger charge is 2.49. The van der Waals surface area contributed by atoms with Gasteiger partial charge in [0.1, 0.15) is 0 Å². The first-order valence-electron chi connectivity index (χ1n) is 5.78. The first-order chi connectivity index (χ1) is 8.66. The topological polar surface area (TPSA) is 24.9 Å². The van der Waals surface area contributed by atoms with Gasteiger partial charge in [0, 0.05) is 33.3 Å². The first-order valence-corrected chi connectivity index (χ1v) is 5.78. The van der Waals surface area contributed by atoms with Gasteiger partial charge in [-0.1, -0.05) is 0 Å². The number of alkyl halides is 5. The maximum Gasteiger partial charge on any atom is 0.522 e. The third kappa shape index (κ3) is 4.83. The minimum atomic E-state index is -4.82. The summed E-state index contributed by atoms with van der Waals surface area (Å²) in [4.78, 5) is 1.55. The van der Waals surface area contributed by atoms with Gasteiger partial charge in [-0.15, -0.1) is 13.2 Å². The van der Waals surface area contributed by atoms with Gasteiger partial charge in [0.25, 0.3) is 0 Å². The Hall–Kier alpha value is -0.510. The van der Waals surface area contributed by atoms with Crippen LogP contribution in [0, 0.1) is 0 Å². The predicted molar refractivity (Wildman–Crippen MR) is 56.6 cm³/mol. The lowest BCUT2D eigenvalue weighted by Gasteiger charge is -2.30. The summed E-state index contributed by atoms with van der Waals surface area (Å²) in [5, 5.41) is 0. The van der Waals surface area contributed by atoms with Crippen molar-refractivity contribution in [1.82, 2.24) is 9.80 Å². The van der Waals surface area contributed by atoms with Gasteiger partial charge in [0.05, 0.1) is 12.7 Å². The Morgan fingerprint density at radius 3 is 2.32 bits per heavy atom. The largest absolute Gasteiger partial charge is 0.522 e. The molecule has 0 radical (unpaired) electrons. The molecule has 1 aliphatic heterocycles. The van der Waals surface area contributed by atoms with E-state index in [1.54, 1.807) is 0 Å². The van der Waals surface area contributed by atoms with Crippen molar-refractivity contribution in [2.75, 3.05) is 39.9 Å². The van der Waals surface area contributed by atoms with Crippen LogP contribution >= 0.6 is 0 Å². The Morgan fingerprint density at radius 1 is 1.21 bits per heavy atom. The van der Waals surface area contributed by atoms with Crippen LogP contribution in [0.2, 0.25) is 0 Å². The molecular weight excluding hydrogens is 275 g/mol. The minimum absolute atomic E-state index is 0.0116. The molecule has 1 saturated heterocycles. The van der Waals surface area contributed by atoms with Crippen LogP contribution < -0.4 is 0 Å². The zero-order chi connectivity index (χ0) is 14.7. The molecule has 4 nitrogen and oxygen atoms in total. The fourth-order valence-corrected chi connectivity index (χ4v) is 1.94. The standard InChI is InChI=1S/C10H17F5N2O2/c1-8(19-9(11,12)13)7-17-4-3-16(5-6-18-2)10(17,14)15/h8H,3-7H2,1-2H3. The summed E-state index contributed by atoms with van der Waals surface area (Å²) in [5.74, 6) is 0. The number of methoxy groups -OCH3 is 1. The van der Waals surface area contributed by atoms with E-state index in [1.807, 2.05) is 0 Å². The van der Waals surface area contributed by atoms with E-state index in [-0.39, 0.29) is 26.2 Å². The highest BCUT2D eigenvalue weighted by molar-refractivity contribution is 4.82. The molecule has 0 aromatic heterocycles. The average Bonchev–Trinajstić information content (AvgIpc) is 2.49. The third-order valence-corrected chi connectivity index (χ3v) is 2.78. The van der Waals surface area contributed by atoms with Crippen LogP contribution in [0.1, 0.15) is 6.92 Å².